The lowest BCUT2D eigenvalue weighted by Gasteiger charge is -2.07. The standard InChI is InChI=1S/C13H16N2O3/c1-9-5-10(14)3-4-13(9)17-7-11-6-12(8-16-2)18-15-11/h3-6H,7-8,14H2,1-2H3. The molecule has 0 unspecified atom stereocenters. The maximum Gasteiger partial charge on any atom is 0.162 e. The minimum atomic E-state index is 0.359. The summed E-state index contributed by atoms with van der Waals surface area (Å²) in [5.41, 5.74) is 8.13. The molecule has 0 radical (unpaired) electrons. The van der Waals surface area contributed by atoms with Gasteiger partial charge in [-0.1, -0.05) is 5.16 Å². The summed E-state index contributed by atoms with van der Waals surface area (Å²) in [4.78, 5) is 0. The molecular formula is C13H16N2O3. The third-order valence-corrected chi connectivity index (χ3v) is 2.47. The lowest BCUT2D eigenvalue weighted by atomic mass is 10.2. The fraction of sp³-hybridized carbons (Fsp3) is 0.308. The highest BCUT2D eigenvalue weighted by atomic mass is 16.5. The van der Waals surface area contributed by atoms with Crippen LogP contribution in [0.25, 0.3) is 0 Å². The Labute approximate surface area is 105 Å². The maximum atomic E-state index is 5.67. The molecule has 0 saturated carbocycles. The summed E-state index contributed by atoms with van der Waals surface area (Å²) < 4.78 is 15.7. The third-order valence-electron chi connectivity index (χ3n) is 2.47. The molecular weight excluding hydrogens is 232 g/mol. The summed E-state index contributed by atoms with van der Waals surface area (Å²) >= 11 is 0. The lowest BCUT2D eigenvalue weighted by molar-refractivity contribution is 0.155. The van der Waals surface area contributed by atoms with Crippen LogP contribution in [0.3, 0.4) is 0 Å². The van der Waals surface area contributed by atoms with Crippen molar-refractivity contribution in [3.8, 4) is 5.75 Å². The van der Waals surface area contributed by atoms with Crippen molar-refractivity contribution in [3.63, 3.8) is 0 Å². The van der Waals surface area contributed by atoms with Gasteiger partial charge >= 0.3 is 0 Å². The normalized spacial score (nSPS) is 10.6. The van der Waals surface area contributed by atoms with Gasteiger partial charge in [0.25, 0.3) is 0 Å². The van der Waals surface area contributed by atoms with Gasteiger partial charge in [-0.05, 0) is 30.7 Å². The number of benzene rings is 1. The SMILES string of the molecule is COCc1cc(COc2ccc(N)cc2C)no1. The van der Waals surface area contributed by atoms with E-state index in [4.69, 9.17) is 19.7 Å². The highest BCUT2D eigenvalue weighted by molar-refractivity contribution is 5.47. The van der Waals surface area contributed by atoms with Crippen molar-refractivity contribution in [2.24, 2.45) is 0 Å². The molecule has 1 heterocycles. The van der Waals surface area contributed by atoms with Crippen LogP contribution in [0.2, 0.25) is 0 Å². The summed E-state index contributed by atoms with van der Waals surface area (Å²) in [5.74, 6) is 1.48. The number of methoxy groups -OCH3 is 1. The lowest BCUT2D eigenvalue weighted by Crippen LogP contribution is -1.98. The van der Waals surface area contributed by atoms with Crippen LogP contribution in [0.15, 0.2) is 28.8 Å². The number of aryl methyl sites for hydroxylation is 1. The van der Waals surface area contributed by atoms with Crippen LogP contribution in [0.1, 0.15) is 17.0 Å². The number of nitrogens with two attached hydrogens (primary N) is 1. The number of hydrogen-bond donors (Lipinski definition) is 1. The molecule has 0 aliphatic carbocycles. The fourth-order valence-corrected chi connectivity index (χ4v) is 1.62. The van der Waals surface area contributed by atoms with Crippen LogP contribution in [0.4, 0.5) is 5.69 Å². The van der Waals surface area contributed by atoms with E-state index in [0.717, 1.165) is 22.7 Å². The van der Waals surface area contributed by atoms with Crippen LogP contribution in [-0.4, -0.2) is 12.3 Å². The predicted molar refractivity (Wildman–Crippen MR) is 67.1 cm³/mol. The second kappa shape index (κ2) is 5.55. The number of nitrogens with zero attached hydrogens (tertiary/aromatic N) is 1. The molecule has 96 valence electrons. The zero-order valence-corrected chi connectivity index (χ0v) is 10.5. The quantitative estimate of drug-likeness (QED) is 0.822. The first kappa shape index (κ1) is 12.4. The Kier molecular flexibility index (Phi) is 3.84. The molecule has 18 heavy (non-hydrogen) atoms. The molecule has 0 atom stereocenters. The van der Waals surface area contributed by atoms with Crippen LogP contribution >= 0.6 is 0 Å². The summed E-state index contributed by atoms with van der Waals surface area (Å²) in [5, 5.41) is 3.89. The van der Waals surface area contributed by atoms with Crippen molar-refractivity contribution in [1.29, 1.82) is 0 Å². The summed E-state index contributed by atoms with van der Waals surface area (Å²) in [7, 11) is 1.61. The van der Waals surface area contributed by atoms with E-state index in [1.165, 1.54) is 0 Å². The minimum absolute atomic E-state index is 0.359. The van der Waals surface area contributed by atoms with Crippen molar-refractivity contribution in [3.05, 3.63) is 41.3 Å². The molecule has 0 aliphatic heterocycles. The van der Waals surface area contributed by atoms with E-state index in [-0.39, 0.29) is 0 Å². The highest BCUT2D eigenvalue weighted by Gasteiger charge is 2.06. The van der Waals surface area contributed by atoms with Crippen molar-refractivity contribution in [2.45, 2.75) is 20.1 Å². The Morgan fingerprint density at radius 2 is 2.11 bits per heavy atom. The van der Waals surface area contributed by atoms with Crippen LogP contribution in [0, 0.1) is 6.92 Å². The molecule has 2 N–H and O–H groups in total. The van der Waals surface area contributed by atoms with Gasteiger partial charge in [-0.25, -0.2) is 0 Å². The van der Waals surface area contributed by atoms with Crippen molar-refractivity contribution in [2.75, 3.05) is 12.8 Å². The zero-order valence-electron chi connectivity index (χ0n) is 10.5. The van der Waals surface area contributed by atoms with E-state index >= 15 is 0 Å². The average molecular weight is 248 g/mol. The first-order valence-corrected chi connectivity index (χ1v) is 5.61. The molecule has 5 nitrogen and oxygen atoms in total. The van der Waals surface area contributed by atoms with Gasteiger partial charge in [-0.3, -0.25) is 0 Å². The largest absolute Gasteiger partial charge is 0.487 e. The molecule has 0 saturated heterocycles. The second-order valence-electron chi connectivity index (χ2n) is 4.03. The molecule has 0 spiro atoms. The number of nitrogen functional groups attached to an aromatic ring is 1. The molecule has 0 aliphatic rings. The molecule has 0 fully saturated rings. The Hall–Kier alpha value is -2.01. The van der Waals surface area contributed by atoms with Crippen molar-refractivity contribution < 1.29 is 14.0 Å². The maximum absolute atomic E-state index is 5.67. The number of rotatable bonds is 5. The fourth-order valence-electron chi connectivity index (χ4n) is 1.62. The number of aromatic nitrogens is 1. The predicted octanol–water partition coefficient (Wildman–Crippen LogP) is 2.29. The number of hydrogen-bond acceptors (Lipinski definition) is 5. The molecule has 2 aromatic rings. The molecule has 0 bridgehead atoms. The first-order valence-electron chi connectivity index (χ1n) is 5.61. The number of anilines is 1. The Morgan fingerprint density at radius 1 is 1.28 bits per heavy atom. The van der Waals surface area contributed by atoms with Gasteiger partial charge in [0.15, 0.2) is 5.76 Å². The van der Waals surface area contributed by atoms with E-state index < -0.39 is 0 Å². The highest BCUT2D eigenvalue weighted by Crippen LogP contribution is 2.21. The van der Waals surface area contributed by atoms with Crippen molar-refractivity contribution >= 4 is 5.69 Å². The third kappa shape index (κ3) is 3.01. The Bertz CT molecular complexity index is 523. The van der Waals surface area contributed by atoms with Gasteiger partial charge in [0.1, 0.15) is 24.7 Å². The second-order valence-corrected chi connectivity index (χ2v) is 4.03. The smallest absolute Gasteiger partial charge is 0.162 e. The topological polar surface area (TPSA) is 70.5 Å². The van der Waals surface area contributed by atoms with E-state index in [1.54, 1.807) is 7.11 Å². The van der Waals surface area contributed by atoms with Crippen LogP contribution in [0.5, 0.6) is 5.75 Å². The van der Waals surface area contributed by atoms with E-state index in [2.05, 4.69) is 5.16 Å². The average Bonchev–Trinajstić information content (AvgIpc) is 2.76. The number of ether oxygens (including phenoxy) is 2. The molecule has 5 heteroatoms. The summed E-state index contributed by atoms with van der Waals surface area (Å²) in [6, 6.07) is 7.34. The first-order chi connectivity index (χ1) is 8.69. The van der Waals surface area contributed by atoms with Crippen LogP contribution in [-0.2, 0) is 18.0 Å². The van der Waals surface area contributed by atoms with Gasteiger partial charge in [0, 0.05) is 18.9 Å². The molecule has 0 amide bonds. The molecule has 2 rings (SSSR count). The summed E-state index contributed by atoms with van der Waals surface area (Å²) in [6.07, 6.45) is 0. The Balaban J connectivity index is 1.97. The van der Waals surface area contributed by atoms with Gasteiger partial charge in [0.2, 0.25) is 0 Å². The van der Waals surface area contributed by atoms with Gasteiger partial charge in [-0.15, -0.1) is 0 Å². The zero-order chi connectivity index (χ0) is 13.0. The van der Waals surface area contributed by atoms with Gasteiger partial charge < -0.3 is 19.7 Å². The summed E-state index contributed by atoms with van der Waals surface area (Å²) in [6.45, 7) is 2.72. The van der Waals surface area contributed by atoms with E-state index in [9.17, 15) is 0 Å². The Morgan fingerprint density at radius 3 is 2.83 bits per heavy atom. The van der Waals surface area contributed by atoms with Crippen LogP contribution < -0.4 is 10.5 Å². The monoisotopic (exact) mass is 248 g/mol. The van der Waals surface area contributed by atoms with Crippen molar-refractivity contribution in [1.82, 2.24) is 5.16 Å². The molecule has 1 aromatic carbocycles. The minimum Gasteiger partial charge on any atom is -0.487 e. The van der Waals surface area contributed by atoms with Gasteiger partial charge in [-0.2, -0.15) is 0 Å². The van der Waals surface area contributed by atoms with E-state index in [0.29, 0.717) is 19.0 Å². The van der Waals surface area contributed by atoms with Gasteiger partial charge in [0.05, 0.1) is 0 Å². The van der Waals surface area contributed by atoms with E-state index in [1.807, 2.05) is 31.2 Å². The molecule has 1 aromatic heterocycles.